The molecule has 0 N–H and O–H groups in total. The summed E-state index contributed by atoms with van der Waals surface area (Å²) in [6.45, 7) is 9.73. The summed E-state index contributed by atoms with van der Waals surface area (Å²) in [6, 6.07) is 8.66. The minimum absolute atomic E-state index is 0.172. The monoisotopic (exact) mass is 364 g/mol. The molecule has 2 nitrogen and oxygen atoms in total. The van der Waals surface area contributed by atoms with E-state index in [1.165, 1.54) is 50.5 Å². The molecule has 1 fully saturated rings. The van der Waals surface area contributed by atoms with E-state index in [9.17, 15) is 0 Å². The fourth-order valence-corrected chi connectivity index (χ4v) is 5.01. The van der Waals surface area contributed by atoms with Gasteiger partial charge in [-0.1, -0.05) is 58.1 Å². The van der Waals surface area contributed by atoms with Crippen LogP contribution in [0.25, 0.3) is 0 Å². The molecule has 1 aliphatic carbocycles. The van der Waals surface area contributed by atoms with Gasteiger partial charge in [0, 0.05) is 5.66 Å². The molecule has 1 aliphatic rings. The van der Waals surface area contributed by atoms with E-state index >= 15 is 0 Å². The maximum atomic E-state index is 5.93. The minimum Gasteiger partial charge on any atom is -0.465 e. The summed E-state index contributed by atoms with van der Waals surface area (Å²) in [5.41, 5.74) is 2.12. The van der Waals surface area contributed by atoms with Crippen molar-refractivity contribution in [1.82, 2.24) is 0 Å². The lowest BCUT2D eigenvalue weighted by Crippen LogP contribution is -2.19. The van der Waals surface area contributed by atoms with Crippen molar-refractivity contribution in [3.05, 3.63) is 29.8 Å². The number of rotatable bonds is 10. The summed E-state index contributed by atoms with van der Waals surface area (Å²) >= 11 is 0. The topological polar surface area (TPSA) is 18.5 Å². The normalized spacial score (nSPS) is 18.8. The van der Waals surface area contributed by atoms with Gasteiger partial charge in [-0.05, 0) is 56.0 Å². The Morgan fingerprint density at radius 2 is 1.72 bits per heavy atom. The lowest BCUT2D eigenvalue weighted by Gasteiger charge is -2.22. The molecule has 1 saturated carbocycles. The van der Waals surface area contributed by atoms with Crippen molar-refractivity contribution in [2.45, 2.75) is 77.7 Å². The highest BCUT2D eigenvalue weighted by Crippen LogP contribution is 2.37. The van der Waals surface area contributed by atoms with Crippen LogP contribution in [0.5, 0.6) is 5.75 Å². The molecular weight excluding hydrogens is 327 g/mol. The lowest BCUT2D eigenvalue weighted by molar-refractivity contribution is -0.0711. The molecule has 0 aliphatic heterocycles. The van der Waals surface area contributed by atoms with Gasteiger partial charge in [-0.3, -0.25) is 0 Å². The molecule has 1 aromatic carbocycles. The summed E-state index contributed by atoms with van der Waals surface area (Å²) in [5.74, 6) is 2.52. The van der Waals surface area contributed by atoms with Gasteiger partial charge >= 0.3 is 0 Å². The van der Waals surface area contributed by atoms with Crippen molar-refractivity contribution in [3.8, 4) is 5.75 Å². The van der Waals surface area contributed by atoms with E-state index in [4.69, 9.17) is 9.47 Å². The zero-order chi connectivity index (χ0) is 18.1. The van der Waals surface area contributed by atoms with Gasteiger partial charge in [-0.2, -0.15) is 0 Å². The maximum Gasteiger partial charge on any atom is 0.196 e. The first kappa shape index (κ1) is 20.7. The quantitative estimate of drug-likeness (QED) is 0.336. The summed E-state index contributed by atoms with van der Waals surface area (Å²) in [5, 5.41) is 0. The average molecular weight is 365 g/mol. The smallest absolute Gasteiger partial charge is 0.196 e. The van der Waals surface area contributed by atoms with E-state index in [1.807, 2.05) is 6.92 Å². The Bertz CT molecular complexity index is 465. The van der Waals surface area contributed by atoms with Crippen LogP contribution < -0.4 is 4.74 Å². The molecular formula is C22H37O2P. The highest BCUT2D eigenvalue weighted by atomic mass is 31.1. The van der Waals surface area contributed by atoms with E-state index in [0.717, 1.165) is 32.8 Å². The summed E-state index contributed by atoms with van der Waals surface area (Å²) < 4.78 is 11.8. The number of ether oxygens (including phenoxy) is 2. The largest absolute Gasteiger partial charge is 0.465 e. The molecule has 1 aromatic rings. The molecule has 3 unspecified atom stereocenters. The van der Waals surface area contributed by atoms with Crippen LogP contribution in [0.3, 0.4) is 0 Å². The van der Waals surface area contributed by atoms with Crippen LogP contribution in [0, 0.1) is 11.8 Å². The van der Waals surface area contributed by atoms with Gasteiger partial charge in [-0.25, -0.2) is 0 Å². The zero-order valence-electron chi connectivity index (χ0n) is 16.6. The van der Waals surface area contributed by atoms with Crippen LogP contribution in [-0.4, -0.2) is 19.6 Å². The summed E-state index contributed by atoms with van der Waals surface area (Å²) in [7, 11) is 0.948. The van der Waals surface area contributed by atoms with Gasteiger partial charge in [0.2, 0.25) is 0 Å². The van der Waals surface area contributed by atoms with Crippen molar-refractivity contribution in [1.29, 1.82) is 0 Å². The zero-order valence-corrected chi connectivity index (χ0v) is 17.6. The second-order valence-electron chi connectivity index (χ2n) is 7.89. The standard InChI is InChI=1S/C22H37O2P/c1-17(2)16-22(25-4)20-10-12-21(13-11-20)24-18(3)23-15-14-19-8-6-5-7-9-19/h10-13,17-19,22,25H,5-9,14-16H2,1-4H3. The molecule has 142 valence electrons. The number of hydrogen-bond donors (Lipinski definition) is 0. The Morgan fingerprint density at radius 1 is 1.04 bits per heavy atom. The van der Waals surface area contributed by atoms with Gasteiger partial charge in [-0.15, -0.1) is 8.58 Å². The fourth-order valence-electron chi connectivity index (χ4n) is 3.77. The van der Waals surface area contributed by atoms with Gasteiger partial charge in [0.25, 0.3) is 0 Å². The fraction of sp³-hybridized carbons (Fsp3) is 0.727. The molecule has 0 heterocycles. The predicted octanol–water partition coefficient (Wildman–Crippen LogP) is 6.79. The molecule has 3 atom stereocenters. The van der Waals surface area contributed by atoms with E-state index < -0.39 is 0 Å². The molecule has 0 aromatic heterocycles. The van der Waals surface area contributed by atoms with E-state index in [2.05, 4.69) is 44.8 Å². The molecule has 2 rings (SSSR count). The van der Waals surface area contributed by atoms with Crippen LogP contribution >= 0.6 is 8.58 Å². The van der Waals surface area contributed by atoms with Crippen LogP contribution in [0.1, 0.15) is 76.9 Å². The maximum absolute atomic E-state index is 5.93. The SMILES string of the molecule is CPC(CC(C)C)c1ccc(OC(C)OCCC2CCCCC2)cc1. The van der Waals surface area contributed by atoms with Crippen molar-refractivity contribution in [2.75, 3.05) is 13.3 Å². The predicted molar refractivity (Wildman–Crippen MR) is 110 cm³/mol. The third kappa shape index (κ3) is 7.67. The Kier molecular flexibility index (Phi) is 9.28. The first-order valence-corrected chi connectivity index (χ1v) is 11.7. The van der Waals surface area contributed by atoms with Crippen LogP contribution in [-0.2, 0) is 4.74 Å². The lowest BCUT2D eigenvalue weighted by atomic mass is 9.87. The molecule has 0 radical (unpaired) electrons. The molecule has 0 saturated heterocycles. The van der Waals surface area contributed by atoms with Gasteiger partial charge in [0.1, 0.15) is 5.75 Å². The Morgan fingerprint density at radius 3 is 2.32 bits per heavy atom. The van der Waals surface area contributed by atoms with Crippen molar-refractivity contribution < 1.29 is 9.47 Å². The van der Waals surface area contributed by atoms with E-state index in [1.54, 1.807) is 0 Å². The Hall–Kier alpha value is -0.590. The van der Waals surface area contributed by atoms with Gasteiger partial charge in [0.15, 0.2) is 6.29 Å². The first-order valence-electron chi connectivity index (χ1n) is 10.1. The van der Waals surface area contributed by atoms with Crippen molar-refractivity contribution in [2.24, 2.45) is 11.8 Å². The first-order chi connectivity index (χ1) is 12.1. The van der Waals surface area contributed by atoms with Crippen molar-refractivity contribution >= 4 is 8.58 Å². The number of hydrogen-bond acceptors (Lipinski definition) is 2. The molecule has 25 heavy (non-hydrogen) atoms. The Balaban J connectivity index is 1.73. The average Bonchev–Trinajstić information content (AvgIpc) is 2.61. The Labute approximate surface area is 156 Å². The summed E-state index contributed by atoms with van der Waals surface area (Å²) in [6.07, 6.45) is 9.26. The van der Waals surface area contributed by atoms with E-state index in [0.29, 0.717) is 5.66 Å². The second kappa shape index (κ2) is 11.2. The third-order valence-electron chi connectivity index (χ3n) is 5.24. The molecule has 3 heteroatoms. The molecule has 0 bridgehead atoms. The van der Waals surface area contributed by atoms with Gasteiger partial charge in [0.05, 0.1) is 6.61 Å². The van der Waals surface area contributed by atoms with Crippen LogP contribution in [0.15, 0.2) is 24.3 Å². The van der Waals surface area contributed by atoms with Crippen LogP contribution in [0.2, 0.25) is 0 Å². The van der Waals surface area contributed by atoms with Gasteiger partial charge < -0.3 is 9.47 Å². The molecule has 0 amide bonds. The second-order valence-corrected chi connectivity index (χ2v) is 9.16. The number of benzene rings is 1. The summed E-state index contributed by atoms with van der Waals surface area (Å²) in [4.78, 5) is 0. The highest BCUT2D eigenvalue weighted by Gasteiger charge is 2.14. The van der Waals surface area contributed by atoms with E-state index in [-0.39, 0.29) is 6.29 Å². The van der Waals surface area contributed by atoms with Crippen LogP contribution in [0.4, 0.5) is 0 Å². The highest BCUT2D eigenvalue weighted by molar-refractivity contribution is 7.37. The van der Waals surface area contributed by atoms with Crippen molar-refractivity contribution in [3.63, 3.8) is 0 Å². The molecule has 0 spiro atoms. The minimum atomic E-state index is -0.172. The third-order valence-corrected chi connectivity index (χ3v) is 6.51.